The molecule has 0 aromatic heterocycles. The molecular weight excluding hydrogens is 1210 g/mol. The molecule has 0 radical (unpaired) electrons. The van der Waals surface area contributed by atoms with Crippen LogP contribution in [0, 0.1) is 0 Å². The molecule has 0 heterocycles. The molecule has 0 bridgehead atoms. The summed E-state index contributed by atoms with van der Waals surface area (Å²) in [6, 6.07) is 48.8. The Morgan fingerprint density at radius 3 is 0.667 bits per heavy atom. The first-order valence-electron chi connectivity index (χ1n) is 35.7. The van der Waals surface area contributed by atoms with Crippen LogP contribution in [0.2, 0.25) is 0 Å². The molecule has 0 saturated carbocycles. The lowest BCUT2D eigenvalue weighted by molar-refractivity contribution is 0.0962. The Morgan fingerprint density at radius 2 is 0.419 bits per heavy atom. The van der Waals surface area contributed by atoms with Crippen molar-refractivity contribution < 1.29 is 42.8 Å². The Labute approximate surface area is 575 Å². The van der Waals surface area contributed by atoms with Crippen molar-refractivity contribution in [3.8, 4) is 50.6 Å². The molecule has 0 amide bonds. The first-order chi connectivity index (χ1) is 45.7. The zero-order valence-electron chi connectivity index (χ0n) is 57.7. The van der Waals surface area contributed by atoms with Crippen LogP contribution in [0.5, 0.6) is 17.2 Å². The third kappa shape index (κ3) is 38.4. The maximum atomic E-state index is 11.9. The second-order valence-electron chi connectivity index (χ2n) is 23.8. The van der Waals surface area contributed by atoms with Crippen molar-refractivity contribution in [2.24, 2.45) is 0 Å². The van der Waals surface area contributed by atoms with Crippen LogP contribution < -0.4 is 14.2 Å². The maximum absolute atomic E-state index is 11.9. The van der Waals surface area contributed by atoms with E-state index in [-0.39, 0.29) is 0 Å². The molecule has 0 aliphatic rings. The van der Waals surface area contributed by atoms with Gasteiger partial charge in [0.15, 0.2) is 0 Å². The number of rotatable bonds is 45. The minimum absolute atomic E-state index is 0.422. The average molecular weight is 1330 g/mol. The van der Waals surface area contributed by atoms with E-state index in [9.17, 15) is 14.4 Å². The fourth-order valence-corrected chi connectivity index (χ4v) is 12.8. The minimum atomic E-state index is -0.624. The van der Waals surface area contributed by atoms with Gasteiger partial charge in [-0.2, -0.15) is 0 Å². The van der Waals surface area contributed by atoms with Crippen molar-refractivity contribution in [1.29, 1.82) is 0 Å². The highest BCUT2D eigenvalue weighted by Crippen LogP contribution is 2.30. The van der Waals surface area contributed by atoms with E-state index < -0.39 is 18.5 Å². The molecule has 9 nitrogen and oxygen atoms in total. The first kappa shape index (κ1) is 79.6. The summed E-state index contributed by atoms with van der Waals surface area (Å²) >= 11 is 5.77. The van der Waals surface area contributed by atoms with Crippen molar-refractivity contribution in [3.63, 3.8) is 0 Å². The minimum Gasteiger partial charge on any atom is -0.434 e. The molecule has 12 heteroatoms. The van der Waals surface area contributed by atoms with Crippen LogP contribution in [0.3, 0.4) is 0 Å². The van der Waals surface area contributed by atoms with E-state index in [1.807, 2.05) is 108 Å². The summed E-state index contributed by atoms with van der Waals surface area (Å²) < 4.78 is 31.3. The number of hydrogen-bond donors (Lipinski definition) is 0. The lowest BCUT2D eigenvalue weighted by atomic mass is 10.1. The van der Waals surface area contributed by atoms with E-state index in [0.29, 0.717) is 37.1 Å². The van der Waals surface area contributed by atoms with Crippen molar-refractivity contribution >= 4 is 53.8 Å². The van der Waals surface area contributed by atoms with Crippen LogP contribution in [0.25, 0.3) is 33.4 Å². The molecule has 510 valence electrons. The van der Waals surface area contributed by atoms with Gasteiger partial charge in [-0.1, -0.05) is 268 Å². The molecule has 93 heavy (non-hydrogen) atoms. The van der Waals surface area contributed by atoms with Gasteiger partial charge in [-0.05, 0) is 162 Å². The molecule has 6 rings (SSSR count). The highest BCUT2D eigenvalue weighted by atomic mass is 32.2. The molecular formula is C81H114O9S3. The summed E-state index contributed by atoms with van der Waals surface area (Å²) in [7, 11) is 0. The molecule has 0 saturated heterocycles. The zero-order valence-corrected chi connectivity index (χ0v) is 60.2. The number of hydrogen-bond acceptors (Lipinski definition) is 12. The van der Waals surface area contributed by atoms with Gasteiger partial charge in [0.05, 0.1) is 19.8 Å². The number of ether oxygens (including phenoxy) is 6. The van der Waals surface area contributed by atoms with Gasteiger partial charge in [0.2, 0.25) is 0 Å². The zero-order chi connectivity index (χ0) is 66.5. The average Bonchev–Trinajstić information content (AvgIpc) is 1.14. The van der Waals surface area contributed by atoms with Gasteiger partial charge in [0, 0.05) is 14.7 Å². The number of carbonyl (C=O) groups excluding carboxylic acids is 3. The normalized spacial score (nSPS) is 10.8. The van der Waals surface area contributed by atoms with Gasteiger partial charge >= 0.3 is 18.5 Å². The van der Waals surface area contributed by atoms with Gasteiger partial charge in [0.25, 0.3) is 0 Å². The van der Waals surface area contributed by atoms with E-state index in [4.69, 9.17) is 28.4 Å². The molecule has 0 N–H and O–H groups in total. The van der Waals surface area contributed by atoms with E-state index in [0.717, 1.165) is 71.9 Å². The molecule has 0 aliphatic carbocycles. The fraction of sp³-hybridized carbons (Fsp3) is 0.519. The van der Waals surface area contributed by atoms with Crippen LogP contribution in [0.4, 0.5) is 14.4 Å². The van der Waals surface area contributed by atoms with Crippen molar-refractivity contribution in [2.75, 3.05) is 37.1 Å². The third-order valence-corrected chi connectivity index (χ3v) is 19.0. The number of carbonyl (C=O) groups is 3. The Hall–Kier alpha value is -5.82. The highest BCUT2D eigenvalue weighted by molar-refractivity contribution is 7.99. The Bertz CT molecular complexity index is 2790. The Balaban J connectivity index is 0.000000297. The molecule has 0 unspecified atom stereocenters. The van der Waals surface area contributed by atoms with Crippen molar-refractivity contribution in [3.05, 3.63) is 146 Å². The summed E-state index contributed by atoms with van der Waals surface area (Å²) in [5, 5.41) is 0. The number of benzene rings is 6. The smallest absolute Gasteiger partial charge is 0.434 e. The fourth-order valence-electron chi connectivity index (χ4n) is 10.0. The second kappa shape index (κ2) is 53.4. The Kier molecular flexibility index (Phi) is 45.7. The number of unbranched alkanes of at least 4 members (excludes halogenated alkanes) is 24. The van der Waals surface area contributed by atoms with Crippen LogP contribution in [0.15, 0.2) is 160 Å². The summed E-state index contributed by atoms with van der Waals surface area (Å²) in [4.78, 5) is 39.4. The molecule has 0 aliphatic heterocycles. The molecule has 6 aromatic rings. The third-order valence-electron chi connectivity index (χ3n) is 15.7. The predicted molar refractivity (Wildman–Crippen MR) is 396 cm³/mol. The second-order valence-corrected chi connectivity index (χ2v) is 27.3. The van der Waals surface area contributed by atoms with Crippen LogP contribution in [0.1, 0.15) is 234 Å². The summed E-state index contributed by atoms with van der Waals surface area (Å²) in [5.41, 5.74) is 6.79. The molecule has 0 atom stereocenters. The standard InChI is InChI=1S/C28H40O3S.C27H38O3S.C26H36O3S/c1-3-5-7-9-10-12-22-30-28(29)31-26-18-14-24(15-19-26)25-16-20-27(21-17-25)32-23-13-11-8-6-4-2;1-3-5-7-9-10-11-21-29-27(28)30-25-17-13-23(14-18-25)24-15-19-26(20-16-24)31-22-12-8-6-4-2;1-3-5-7-8-9-10-20-28-26(27)29-24-16-12-22(13-17-24)23-14-18-25(19-15-23)30-21-11-6-4-2/h14-21H,3-13,22-23H2,1-2H3;13-20H,3-12,21-22H2,1-2H3;12-19H,3-11,20-21H2,1-2H3. The van der Waals surface area contributed by atoms with E-state index in [1.165, 1.54) is 186 Å². The number of thioether (sulfide) groups is 3. The van der Waals surface area contributed by atoms with Crippen molar-refractivity contribution in [1.82, 2.24) is 0 Å². The van der Waals surface area contributed by atoms with Crippen LogP contribution in [-0.2, 0) is 14.2 Å². The quantitative estimate of drug-likeness (QED) is 0.0119. The summed E-state index contributed by atoms with van der Waals surface area (Å²) in [6.45, 7) is 14.6. The monoisotopic (exact) mass is 1330 g/mol. The topological polar surface area (TPSA) is 107 Å². The molecule has 6 aromatic carbocycles. The van der Waals surface area contributed by atoms with Gasteiger partial charge in [-0.25, -0.2) is 14.4 Å². The summed E-state index contributed by atoms with van der Waals surface area (Å²) in [6.07, 6.45) is 34.7. The van der Waals surface area contributed by atoms with Crippen LogP contribution in [-0.4, -0.2) is 55.5 Å². The maximum Gasteiger partial charge on any atom is 0.513 e. The lowest BCUT2D eigenvalue weighted by Crippen LogP contribution is -2.11. The Morgan fingerprint density at radius 1 is 0.237 bits per heavy atom. The van der Waals surface area contributed by atoms with E-state index in [2.05, 4.69) is 114 Å². The summed E-state index contributed by atoms with van der Waals surface area (Å²) in [5.74, 6) is 5.07. The van der Waals surface area contributed by atoms with Gasteiger partial charge < -0.3 is 28.4 Å². The van der Waals surface area contributed by atoms with Gasteiger partial charge in [-0.15, -0.1) is 35.3 Å². The van der Waals surface area contributed by atoms with E-state index >= 15 is 0 Å². The van der Waals surface area contributed by atoms with E-state index in [1.54, 1.807) is 0 Å². The van der Waals surface area contributed by atoms with Crippen LogP contribution >= 0.6 is 35.3 Å². The largest absolute Gasteiger partial charge is 0.513 e. The SMILES string of the molecule is CCCCCCCCOC(=O)Oc1ccc(-c2ccc(SCCCCC)cc2)cc1.CCCCCCCCOC(=O)Oc1ccc(-c2ccc(SCCCCCC)cc2)cc1.CCCCCCCCOC(=O)Oc1ccc(-c2ccc(SCCCCCCC)cc2)cc1. The van der Waals surface area contributed by atoms with Gasteiger partial charge in [0.1, 0.15) is 17.2 Å². The van der Waals surface area contributed by atoms with Gasteiger partial charge in [-0.3, -0.25) is 0 Å². The highest BCUT2D eigenvalue weighted by Gasteiger charge is 2.11. The lowest BCUT2D eigenvalue weighted by Gasteiger charge is -2.08. The van der Waals surface area contributed by atoms with Crippen molar-refractivity contribution in [2.45, 2.75) is 249 Å². The molecule has 0 fully saturated rings. The molecule has 0 spiro atoms. The first-order valence-corrected chi connectivity index (χ1v) is 38.7. The predicted octanol–water partition coefficient (Wildman–Crippen LogP) is 26.7.